The number of aromatic amines is 1. The Morgan fingerprint density at radius 2 is 1.01 bits per heavy atom. The summed E-state index contributed by atoms with van der Waals surface area (Å²) in [6, 6.07) is 9.70. The second-order valence-corrected chi connectivity index (χ2v) is 34.7. The minimum Gasteiger partial charge on any atom is -0.470 e. The van der Waals surface area contributed by atoms with Gasteiger partial charge in [0, 0.05) is 109 Å². The number of rotatable bonds is 49. The first-order valence-electron chi connectivity index (χ1n) is 45.7. The summed E-state index contributed by atoms with van der Waals surface area (Å²) in [7, 11) is 0. The number of carbonyl (C=O) groups is 18. The van der Waals surface area contributed by atoms with E-state index in [1.807, 2.05) is 32.6 Å². The summed E-state index contributed by atoms with van der Waals surface area (Å²) in [4.78, 5) is 249. The van der Waals surface area contributed by atoms with Crippen molar-refractivity contribution < 1.29 is 148 Å². The van der Waals surface area contributed by atoms with Crippen molar-refractivity contribution in [1.29, 1.82) is 0 Å². The number of ether oxygens (including phenoxy) is 13. The molecule has 756 valence electrons. The summed E-state index contributed by atoms with van der Waals surface area (Å²) < 4.78 is 77.4. The number of allylic oxidation sites excluding steroid dienone is 4. The van der Waals surface area contributed by atoms with Gasteiger partial charge in [-0.05, 0) is 207 Å². The zero-order chi connectivity index (χ0) is 103. The molecule has 2 aliphatic carbocycles. The van der Waals surface area contributed by atoms with Crippen molar-refractivity contribution in [3.05, 3.63) is 104 Å². The highest BCUT2D eigenvalue weighted by molar-refractivity contribution is 6.99. The van der Waals surface area contributed by atoms with Gasteiger partial charge in [-0.15, -0.1) is 4.37 Å². The highest BCUT2D eigenvalue weighted by Crippen LogP contribution is 2.40. The molecular formula is C95H124N12O31S. The molecule has 0 bridgehead atoms. The Labute approximate surface area is 808 Å². The fourth-order valence-corrected chi connectivity index (χ4v) is 15.2. The van der Waals surface area contributed by atoms with Gasteiger partial charge in [-0.2, -0.15) is 4.37 Å². The molecule has 8 unspecified atom stereocenters. The number of morpholine rings is 1. The van der Waals surface area contributed by atoms with E-state index in [9.17, 15) is 86.3 Å². The third-order valence-corrected chi connectivity index (χ3v) is 23.2. The van der Waals surface area contributed by atoms with E-state index in [0.29, 0.717) is 121 Å². The molecule has 6 N–H and O–H groups in total. The van der Waals surface area contributed by atoms with Crippen molar-refractivity contribution in [1.82, 2.24) is 39.1 Å². The number of hydrogen-bond acceptors (Lipinski definition) is 37. The Bertz CT molecular complexity index is 5400. The van der Waals surface area contributed by atoms with E-state index >= 15 is 0 Å². The molecule has 4 aliphatic rings. The highest BCUT2D eigenvalue weighted by Gasteiger charge is 2.39. The number of aromatic nitrogens is 3. The van der Waals surface area contributed by atoms with Crippen LogP contribution < -0.4 is 36.2 Å². The van der Waals surface area contributed by atoms with E-state index in [2.05, 4.69) is 64.0 Å². The normalized spacial score (nSPS) is 15.9. The maximum atomic E-state index is 14.1. The fraction of sp³-hybridized carbons (Fsp3) is 0.537. The number of nitrogens with one attached hydrogen (secondary N) is 6. The molecule has 139 heavy (non-hydrogen) atoms. The van der Waals surface area contributed by atoms with Crippen molar-refractivity contribution in [2.45, 2.75) is 231 Å². The van der Waals surface area contributed by atoms with Gasteiger partial charge in [-0.3, -0.25) is 43.2 Å². The number of aryl methyl sites for hydroxylation is 1. The van der Waals surface area contributed by atoms with Crippen LogP contribution in [0.1, 0.15) is 194 Å². The number of hydrogen-bond donors (Lipinski definition) is 6. The molecular weight excluding hydrogens is 1840 g/mol. The first-order valence-corrected chi connectivity index (χ1v) is 46.4. The van der Waals surface area contributed by atoms with E-state index in [0.717, 1.165) is 120 Å². The number of fused-ring (bicyclic) bond motifs is 2. The molecule has 8 rings (SSSR count). The molecule has 44 heteroatoms. The maximum Gasteiger partial charge on any atom is 0.347 e. The van der Waals surface area contributed by atoms with Crippen molar-refractivity contribution in [3.63, 3.8) is 0 Å². The van der Waals surface area contributed by atoms with Crippen LogP contribution in [0.4, 0.5) is 22.9 Å². The number of carbonyl (C=O) groups excluding carboxylic acids is 18. The number of likely N-dealkylation sites (N-methyl/N-ethyl adjacent to an activating group) is 2. The summed E-state index contributed by atoms with van der Waals surface area (Å²) in [6.45, 7) is 33.1. The number of H-pyrrole nitrogens is 1. The van der Waals surface area contributed by atoms with E-state index < -0.39 is 195 Å². The number of esters is 11. The first-order chi connectivity index (χ1) is 65.7. The summed E-state index contributed by atoms with van der Waals surface area (Å²) in [6.07, 6.45) is -12.8. The molecule has 2 aliphatic heterocycles. The van der Waals surface area contributed by atoms with Gasteiger partial charge >= 0.3 is 65.7 Å². The maximum absolute atomic E-state index is 14.1. The minimum absolute atomic E-state index is 0.0200. The molecule has 2 aromatic carbocycles. The van der Waals surface area contributed by atoms with Crippen LogP contribution in [-0.2, 0) is 145 Å². The van der Waals surface area contributed by atoms with Gasteiger partial charge < -0.3 is 113 Å². The van der Waals surface area contributed by atoms with Gasteiger partial charge in [0.25, 0.3) is 29.5 Å². The van der Waals surface area contributed by atoms with Crippen molar-refractivity contribution in [2.24, 2.45) is 0 Å². The molecule has 0 radical (unpaired) electrons. The molecule has 4 heterocycles. The number of ketones is 1. The molecule has 0 spiro atoms. The lowest BCUT2D eigenvalue weighted by Crippen LogP contribution is -2.52. The highest BCUT2D eigenvalue weighted by atomic mass is 32.1. The Kier molecular flexibility index (Phi) is 41.2. The number of nitrogens with zero attached hydrogens (tertiary/aromatic N) is 6. The van der Waals surface area contributed by atoms with Gasteiger partial charge in [0.05, 0.1) is 55.5 Å². The predicted octanol–water partition coefficient (Wildman–Crippen LogP) is 6.18. The van der Waals surface area contributed by atoms with Crippen molar-refractivity contribution in [3.8, 4) is 5.88 Å². The quantitative estimate of drug-likeness (QED) is 0.0163. The summed E-state index contributed by atoms with van der Waals surface area (Å²) in [5, 5.41) is 14.2. The SMILES string of the molecule is CCN(CC)CCNC(=O)C1=C(C)CC(/C=C2\C(=O)Cc3ccc(NC(=O)CCC(=O)OC(C)C(=O)OC(C)C(=O)OC(C)C(=O)OC(C)C(=O)OCC(=O)N(C[C@@H](COc4nsnc4N4CCOCC4)OC(=O)COC(=O)C(C)OC(=O)C(C)OC(=O)C(C)OC(=O)C(C)OC(=O)CCC(=O)Nc4ccc5c(c4)/C(=C/c4[nH]c(C)c(C(=O)NCCN(CC)CC)c4C)C(=O)N5)C(C)(C)C)cc32)=C1C. The van der Waals surface area contributed by atoms with Gasteiger partial charge in [-0.25, -0.2) is 43.2 Å². The molecule has 43 nitrogen and oxygen atoms in total. The number of amides is 6. The lowest BCUT2D eigenvalue weighted by atomic mass is 10.0. The zero-order valence-electron chi connectivity index (χ0n) is 81.6. The Morgan fingerprint density at radius 1 is 0.540 bits per heavy atom. The van der Waals surface area contributed by atoms with Crippen molar-refractivity contribution in [2.75, 3.05) is 126 Å². The lowest BCUT2D eigenvalue weighted by Gasteiger charge is -2.37. The predicted molar refractivity (Wildman–Crippen MR) is 499 cm³/mol. The van der Waals surface area contributed by atoms with E-state index in [1.165, 1.54) is 0 Å². The largest absolute Gasteiger partial charge is 0.470 e. The van der Waals surface area contributed by atoms with Crippen LogP contribution in [0.3, 0.4) is 0 Å². The van der Waals surface area contributed by atoms with Crippen molar-refractivity contribution >= 4 is 159 Å². The van der Waals surface area contributed by atoms with Gasteiger partial charge in [0.2, 0.25) is 17.6 Å². The van der Waals surface area contributed by atoms with Gasteiger partial charge in [0.1, 0.15) is 6.61 Å². The monoisotopic (exact) mass is 1960 g/mol. The summed E-state index contributed by atoms with van der Waals surface area (Å²) in [5.74, 6) is -16.0. The van der Waals surface area contributed by atoms with Crippen LogP contribution in [0.5, 0.6) is 5.88 Å². The third kappa shape index (κ3) is 32.0. The topological polar surface area (TPSA) is 542 Å². The molecule has 2 aromatic heterocycles. The minimum atomic E-state index is -1.76. The van der Waals surface area contributed by atoms with E-state index in [1.54, 1.807) is 83.2 Å². The second kappa shape index (κ2) is 51.7. The standard InChI is InChI=1S/C95H124N12O31S/c1-20-104(21-2)34-32-96-84(116)80-50(5)40-63(51(80)6)41-69-67-43-64(25-24-62(67)42-73(69)108)99-74(109)28-30-77(112)130-56(11)89(120)134-60(15)93(124)136-58(13)91(122)132-54(9)87(118)128-48-76(111)107(95(17,18)19)46-66(47-127-86-82(102-139-103-86)106-36-38-126-39-37-106)138-79(114)49-129-88(119)55(10)133-92(123)59(14)137-94(125)61(16)135-90(121)57(12)131-78(113)31-29-75(110)100-65-26-27-71-68(44-65)70(83(115)101-71)45-72-52(7)81(53(8)98-72)85(117)97-33-35-105(22-3)23-4/h24-27,41,43-45,54-61,66,98H,20-23,28-40,42,46-49H2,1-19H3,(H,96,116)(H,97,117)(H,99,109)(H,100,110)(H,101,115)/b69-41-,70-45-/t54?,55?,56?,57?,58?,59?,60?,61?,66-/m0/s1. The van der Waals surface area contributed by atoms with Gasteiger partial charge in [-0.1, -0.05) is 39.3 Å². The van der Waals surface area contributed by atoms with Gasteiger partial charge in [0.15, 0.2) is 73.9 Å². The Morgan fingerprint density at radius 3 is 1.50 bits per heavy atom. The third-order valence-electron chi connectivity index (χ3n) is 22.7. The number of benzene rings is 2. The first kappa shape index (κ1) is 111. The lowest BCUT2D eigenvalue weighted by molar-refractivity contribution is -0.185. The second-order valence-electron chi connectivity index (χ2n) is 34.2. The molecule has 9 atom stereocenters. The van der Waals surface area contributed by atoms with Crippen LogP contribution in [0.2, 0.25) is 0 Å². The molecule has 1 saturated heterocycles. The summed E-state index contributed by atoms with van der Waals surface area (Å²) in [5.41, 5.74) is 7.73. The van der Waals surface area contributed by atoms with Crippen LogP contribution in [0, 0.1) is 13.8 Å². The molecule has 1 fully saturated rings. The average Bonchev–Trinajstić information content (AvgIpc) is 1.57. The van der Waals surface area contributed by atoms with Crippen LogP contribution in [0.15, 0.2) is 64.8 Å². The average molecular weight is 1960 g/mol. The summed E-state index contributed by atoms with van der Waals surface area (Å²) >= 11 is 0.813. The van der Waals surface area contributed by atoms with E-state index in [-0.39, 0.29) is 47.6 Å². The van der Waals surface area contributed by atoms with Crippen LogP contribution in [0.25, 0.3) is 17.2 Å². The number of anilines is 4. The number of Topliss-reactive ketones (excluding diaryl/α,β-unsaturated/α-hetero) is 1. The Hall–Kier alpha value is -13.6. The Balaban J connectivity index is 0.742. The fourth-order valence-electron chi connectivity index (χ4n) is 14.7. The zero-order valence-corrected chi connectivity index (χ0v) is 82.4. The van der Waals surface area contributed by atoms with Crippen LogP contribution in [-0.4, -0.2) is 301 Å². The molecule has 0 saturated carbocycles. The van der Waals surface area contributed by atoms with E-state index in [4.69, 9.17) is 61.6 Å². The molecule has 4 aromatic rings. The molecule has 6 amide bonds. The van der Waals surface area contributed by atoms with Crippen LogP contribution >= 0.6 is 11.7 Å². The smallest absolute Gasteiger partial charge is 0.347 e.